The van der Waals surface area contributed by atoms with Gasteiger partial charge >= 0.3 is 0 Å². The van der Waals surface area contributed by atoms with E-state index in [-0.39, 0.29) is 0 Å². The summed E-state index contributed by atoms with van der Waals surface area (Å²) in [5, 5.41) is 3.29. The molecule has 1 heterocycles. The predicted octanol–water partition coefficient (Wildman–Crippen LogP) is 2.51. The molecule has 64 valence electrons. The first-order valence-electron chi connectivity index (χ1n) is 4.36. The van der Waals surface area contributed by atoms with Gasteiger partial charge in [-0.2, -0.15) is 0 Å². The molecule has 0 unspecified atom stereocenters. The van der Waals surface area contributed by atoms with Gasteiger partial charge in [0.25, 0.3) is 0 Å². The lowest BCUT2D eigenvalue weighted by molar-refractivity contribution is 0.686. The van der Waals surface area contributed by atoms with Crippen molar-refractivity contribution in [2.24, 2.45) is 0 Å². The quantitative estimate of drug-likeness (QED) is 0.610. The van der Waals surface area contributed by atoms with Crippen LogP contribution in [0.3, 0.4) is 0 Å². The lowest BCUT2D eigenvalue weighted by atomic mass is 10.0. The number of rotatable bonds is 1. The van der Waals surface area contributed by atoms with E-state index < -0.39 is 0 Å². The molecule has 1 aliphatic rings. The van der Waals surface area contributed by atoms with Crippen LogP contribution in [-0.2, 0) is 0 Å². The van der Waals surface area contributed by atoms with Crippen LogP contribution in [0.25, 0.3) is 0 Å². The normalized spacial score (nSPS) is 17.0. The van der Waals surface area contributed by atoms with Crippen LogP contribution in [0.1, 0.15) is 27.2 Å². The summed E-state index contributed by atoms with van der Waals surface area (Å²) in [6, 6.07) is 0. The van der Waals surface area contributed by atoms with Gasteiger partial charge in [0.2, 0.25) is 0 Å². The van der Waals surface area contributed by atoms with Crippen LogP contribution < -0.4 is 5.32 Å². The summed E-state index contributed by atoms with van der Waals surface area (Å²) in [6.07, 6.45) is 3.13. The van der Waals surface area contributed by atoms with Crippen molar-refractivity contribution in [2.75, 3.05) is 13.1 Å². The largest absolute Gasteiger partial charge is 0.312 e. The minimum atomic E-state index is 1.01. The lowest BCUT2D eigenvalue weighted by Gasteiger charge is -2.15. The Kier molecular flexibility index (Phi) is 5.86. The fourth-order valence-corrected chi connectivity index (χ4v) is 1.06. The summed E-state index contributed by atoms with van der Waals surface area (Å²) in [7, 11) is 0. The van der Waals surface area contributed by atoms with Gasteiger partial charge in [0.1, 0.15) is 0 Å². The Balaban J connectivity index is 0.000000461. The molecule has 0 aromatic rings. The molecular weight excluding hydrogens is 134 g/mol. The molecule has 1 heteroatoms. The smallest absolute Gasteiger partial charge is 0.0204 e. The van der Waals surface area contributed by atoms with Crippen LogP contribution in [0.15, 0.2) is 23.8 Å². The third kappa shape index (κ3) is 3.38. The molecule has 0 spiro atoms. The maximum absolute atomic E-state index is 3.74. The van der Waals surface area contributed by atoms with Crippen molar-refractivity contribution in [3.63, 3.8) is 0 Å². The molecule has 0 radical (unpaired) electrons. The molecule has 0 fully saturated rings. The zero-order chi connectivity index (χ0) is 8.69. The molecule has 0 aromatic heterocycles. The van der Waals surface area contributed by atoms with Crippen LogP contribution in [0.5, 0.6) is 0 Å². The number of hydrogen-bond acceptors (Lipinski definition) is 1. The molecule has 0 aliphatic carbocycles. The van der Waals surface area contributed by atoms with Crippen molar-refractivity contribution in [2.45, 2.75) is 27.2 Å². The minimum absolute atomic E-state index is 1.01. The van der Waals surface area contributed by atoms with Gasteiger partial charge in [-0.25, -0.2) is 0 Å². The lowest BCUT2D eigenvalue weighted by Crippen LogP contribution is -2.23. The molecule has 0 saturated carbocycles. The van der Waals surface area contributed by atoms with Crippen molar-refractivity contribution in [1.29, 1.82) is 0 Å². The fourth-order valence-electron chi connectivity index (χ4n) is 1.06. The monoisotopic (exact) mass is 153 g/mol. The van der Waals surface area contributed by atoms with E-state index in [0.717, 1.165) is 13.1 Å². The Hall–Kier alpha value is -0.560. The summed E-state index contributed by atoms with van der Waals surface area (Å²) in [4.78, 5) is 0. The third-order valence-corrected chi connectivity index (χ3v) is 1.79. The topological polar surface area (TPSA) is 12.0 Å². The van der Waals surface area contributed by atoms with E-state index in [9.17, 15) is 0 Å². The van der Waals surface area contributed by atoms with Crippen LogP contribution >= 0.6 is 0 Å². The molecule has 0 amide bonds. The van der Waals surface area contributed by atoms with Crippen molar-refractivity contribution < 1.29 is 0 Å². The highest BCUT2D eigenvalue weighted by atomic mass is 14.9. The Labute approximate surface area is 70.2 Å². The highest BCUT2D eigenvalue weighted by molar-refractivity contribution is 5.26. The summed E-state index contributed by atoms with van der Waals surface area (Å²) < 4.78 is 0. The van der Waals surface area contributed by atoms with Crippen LogP contribution in [0, 0.1) is 0 Å². The average Bonchev–Trinajstić information content (AvgIpc) is 2.09. The Bertz CT molecular complexity index is 145. The Morgan fingerprint density at radius 3 is 2.45 bits per heavy atom. The van der Waals surface area contributed by atoms with E-state index in [0.29, 0.717) is 0 Å². The summed E-state index contributed by atoms with van der Waals surface area (Å²) in [5.41, 5.74) is 2.87. The van der Waals surface area contributed by atoms with Gasteiger partial charge in [-0.3, -0.25) is 0 Å². The highest BCUT2D eigenvalue weighted by Gasteiger charge is 2.03. The molecule has 1 rings (SSSR count). The van der Waals surface area contributed by atoms with E-state index in [1.54, 1.807) is 0 Å². The maximum atomic E-state index is 3.74. The molecule has 0 atom stereocenters. The van der Waals surface area contributed by atoms with E-state index in [4.69, 9.17) is 0 Å². The average molecular weight is 153 g/mol. The van der Waals surface area contributed by atoms with Gasteiger partial charge in [-0.1, -0.05) is 32.1 Å². The Morgan fingerprint density at radius 1 is 1.45 bits per heavy atom. The summed E-state index contributed by atoms with van der Waals surface area (Å²) in [5.74, 6) is 0. The van der Waals surface area contributed by atoms with Crippen molar-refractivity contribution in [3.05, 3.63) is 23.8 Å². The summed E-state index contributed by atoms with van der Waals surface area (Å²) in [6.45, 7) is 12.1. The molecule has 1 N–H and O–H groups in total. The van der Waals surface area contributed by atoms with Crippen molar-refractivity contribution >= 4 is 0 Å². The molecular formula is C10H19N. The van der Waals surface area contributed by atoms with Crippen LogP contribution in [0.4, 0.5) is 0 Å². The Morgan fingerprint density at radius 2 is 2.09 bits per heavy atom. The third-order valence-electron chi connectivity index (χ3n) is 1.79. The molecule has 0 saturated heterocycles. The van der Waals surface area contributed by atoms with Crippen molar-refractivity contribution in [1.82, 2.24) is 5.32 Å². The zero-order valence-corrected chi connectivity index (χ0v) is 7.91. The first-order valence-corrected chi connectivity index (χ1v) is 4.36. The number of nitrogens with one attached hydrogen (secondary N) is 1. The SMILES string of the molecule is C=CC1=C(C)CCNC1.CC. The van der Waals surface area contributed by atoms with Gasteiger partial charge in [-0.15, -0.1) is 0 Å². The second-order valence-corrected chi connectivity index (χ2v) is 2.44. The second-order valence-electron chi connectivity index (χ2n) is 2.44. The van der Waals surface area contributed by atoms with Crippen molar-refractivity contribution in [3.8, 4) is 0 Å². The fraction of sp³-hybridized carbons (Fsp3) is 0.600. The molecule has 1 aliphatic heterocycles. The van der Waals surface area contributed by atoms with Gasteiger partial charge in [0.15, 0.2) is 0 Å². The van der Waals surface area contributed by atoms with Crippen LogP contribution in [0.2, 0.25) is 0 Å². The van der Waals surface area contributed by atoms with E-state index in [2.05, 4.69) is 18.8 Å². The first-order chi connectivity index (χ1) is 5.34. The van der Waals surface area contributed by atoms with E-state index in [1.165, 1.54) is 17.6 Å². The molecule has 0 bridgehead atoms. The van der Waals surface area contributed by atoms with Gasteiger partial charge in [-0.05, 0) is 25.5 Å². The summed E-state index contributed by atoms with van der Waals surface area (Å²) >= 11 is 0. The highest BCUT2D eigenvalue weighted by Crippen LogP contribution is 2.11. The predicted molar refractivity (Wildman–Crippen MR) is 51.7 cm³/mol. The van der Waals surface area contributed by atoms with Gasteiger partial charge < -0.3 is 5.32 Å². The minimum Gasteiger partial charge on any atom is -0.312 e. The van der Waals surface area contributed by atoms with E-state index in [1.807, 2.05) is 19.9 Å². The maximum Gasteiger partial charge on any atom is 0.0204 e. The van der Waals surface area contributed by atoms with Gasteiger partial charge in [0.05, 0.1) is 0 Å². The first kappa shape index (κ1) is 10.4. The zero-order valence-electron chi connectivity index (χ0n) is 7.91. The second kappa shape index (κ2) is 6.17. The standard InChI is InChI=1S/C8H13N.C2H6/c1-3-8-6-9-5-4-7(8)2;1-2/h3,9H,1,4-6H2,2H3;1-2H3. The number of hydrogen-bond donors (Lipinski definition) is 1. The van der Waals surface area contributed by atoms with E-state index >= 15 is 0 Å². The molecule has 11 heavy (non-hydrogen) atoms. The van der Waals surface area contributed by atoms with Gasteiger partial charge in [0, 0.05) is 6.54 Å². The molecule has 1 nitrogen and oxygen atoms in total. The van der Waals surface area contributed by atoms with Crippen LogP contribution in [-0.4, -0.2) is 13.1 Å². The molecule has 0 aromatic carbocycles.